The van der Waals surface area contributed by atoms with Gasteiger partial charge in [0.1, 0.15) is 0 Å². The van der Waals surface area contributed by atoms with Gasteiger partial charge in [0.25, 0.3) is 0 Å². The predicted molar refractivity (Wildman–Crippen MR) is 249 cm³/mol. The van der Waals surface area contributed by atoms with Gasteiger partial charge in [0, 0.05) is 15.5 Å². The Morgan fingerprint density at radius 1 is 0.345 bits per heavy atom. The molecule has 0 spiro atoms. The molecule has 0 atom stereocenters. The summed E-state index contributed by atoms with van der Waals surface area (Å²) in [7, 11) is 0. The van der Waals surface area contributed by atoms with Gasteiger partial charge >= 0.3 is 0 Å². The summed E-state index contributed by atoms with van der Waals surface area (Å²) in [6.07, 6.45) is 0. The van der Waals surface area contributed by atoms with E-state index in [-0.39, 0.29) is 0 Å². The average molecular weight is 753 g/mol. The first-order chi connectivity index (χ1) is 28.7. The first-order valence-corrected chi connectivity index (χ1v) is 20.7. The molecule has 10 aromatic carbocycles. The number of benzene rings is 10. The van der Waals surface area contributed by atoms with Crippen molar-refractivity contribution in [3.63, 3.8) is 0 Å². The SMILES string of the molecule is c1ccc2cc3cc4c(cc3cc2c1)nc1c2sc3ccccc3c2cc(-c2ccc(-c3ccc(-c5ccc6c7ccccc7c7ccccc7c6c5)cc3)cc2)n41. The van der Waals surface area contributed by atoms with E-state index in [1.54, 1.807) is 0 Å². The van der Waals surface area contributed by atoms with E-state index >= 15 is 0 Å². The van der Waals surface area contributed by atoms with Gasteiger partial charge in [-0.05, 0) is 124 Å². The van der Waals surface area contributed by atoms with Crippen LogP contribution in [0.1, 0.15) is 0 Å². The summed E-state index contributed by atoms with van der Waals surface area (Å²) < 4.78 is 4.89. The molecule has 0 aliphatic rings. The third kappa shape index (κ3) is 4.68. The van der Waals surface area contributed by atoms with E-state index in [0.717, 1.165) is 27.9 Å². The monoisotopic (exact) mass is 752 g/mol. The van der Waals surface area contributed by atoms with E-state index in [9.17, 15) is 0 Å². The Balaban J connectivity index is 0.922. The van der Waals surface area contributed by atoms with Crippen LogP contribution in [0.3, 0.4) is 0 Å². The number of hydrogen-bond acceptors (Lipinski definition) is 2. The Morgan fingerprint density at radius 3 is 1.50 bits per heavy atom. The van der Waals surface area contributed by atoms with Crippen LogP contribution in [0, 0.1) is 0 Å². The molecule has 0 aliphatic carbocycles. The molecule has 0 radical (unpaired) electrons. The number of rotatable bonds is 3. The average Bonchev–Trinajstić information content (AvgIpc) is 3.85. The summed E-state index contributed by atoms with van der Waals surface area (Å²) in [6, 6.07) is 71.5. The molecule has 2 nitrogen and oxygen atoms in total. The Labute approximate surface area is 337 Å². The zero-order chi connectivity index (χ0) is 37.9. The molecule has 0 aliphatic heterocycles. The molecule has 0 bridgehead atoms. The lowest BCUT2D eigenvalue weighted by Gasteiger charge is -2.12. The van der Waals surface area contributed by atoms with Crippen molar-refractivity contribution in [3.8, 4) is 33.5 Å². The van der Waals surface area contributed by atoms with E-state index in [1.807, 2.05) is 11.3 Å². The standard InChI is InChI=1S/C55H32N2S/c1-2-10-38-28-41-31-52-50(30-40(41)27-37(38)9-1)56-55-54-49(47-15-7-8-16-53(47)58-54)32-51(57(52)55)36-23-21-34(22-24-36)33-17-19-35(20-18-33)39-25-26-46-44-13-4-3-11-42(44)43-12-5-6-14-45(43)48(46)29-39/h1-32H. The molecule has 0 unspecified atom stereocenters. The Bertz CT molecular complexity index is 3800. The van der Waals surface area contributed by atoms with Gasteiger partial charge in [0.05, 0.1) is 21.4 Å². The van der Waals surface area contributed by atoms with Crippen LogP contribution < -0.4 is 0 Å². The Kier molecular flexibility index (Phi) is 6.63. The zero-order valence-electron chi connectivity index (χ0n) is 31.3. The maximum absolute atomic E-state index is 5.37. The second-order valence-corrected chi connectivity index (χ2v) is 16.6. The molecule has 0 saturated heterocycles. The van der Waals surface area contributed by atoms with Crippen molar-refractivity contribution in [1.82, 2.24) is 9.38 Å². The fraction of sp³-hybridized carbons (Fsp3) is 0. The largest absolute Gasteiger partial charge is 0.291 e. The van der Waals surface area contributed by atoms with E-state index < -0.39 is 0 Å². The topological polar surface area (TPSA) is 17.3 Å². The second kappa shape index (κ2) is 12.1. The van der Waals surface area contributed by atoms with Crippen LogP contribution in [0.4, 0.5) is 0 Å². The molecule has 13 rings (SSSR count). The lowest BCUT2D eigenvalue weighted by molar-refractivity contribution is 1.25. The molecule has 0 amide bonds. The number of imidazole rings is 1. The lowest BCUT2D eigenvalue weighted by Crippen LogP contribution is -1.93. The Morgan fingerprint density at radius 2 is 0.845 bits per heavy atom. The highest BCUT2D eigenvalue weighted by atomic mass is 32.1. The highest BCUT2D eigenvalue weighted by Gasteiger charge is 2.19. The van der Waals surface area contributed by atoms with Gasteiger partial charge in [-0.25, -0.2) is 4.98 Å². The van der Waals surface area contributed by atoms with Gasteiger partial charge in [0.2, 0.25) is 0 Å². The van der Waals surface area contributed by atoms with Gasteiger partial charge < -0.3 is 0 Å². The molecular formula is C55H32N2S. The fourth-order valence-corrected chi connectivity index (χ4v) is 10.6. The second-order valence-electron chi connectivity index (χ2n) is 15.5. The van der Waals surface area contributed by atoms with Gasteiger partial charge in [-0.1, -0.05) is 152 Å². The summed E-state index contributed by atoms with van der Waals surface area (Å²) in [5, 5.41) is 15.2. The van der Waals surface area contributed by atoms with Crippen molar-refractivity contribution in [1.29, 1.82) is 0 Å². The van der Waals surface area contributed by atoms with Crippen molar-refractivity contribution >= 4 is 102 Å². The van der Waals surface area contributed by atoms with Crippen LogP contribution in [-0.4, -0.2) is 9.38 Å². The van der Waals surface area contributed by atoms with Crippen LogP contribution in [0.5, 0.6) is 0 Å². The van der Waals surface area contributed by atoms with E-state index in [0.29, 0.717) is 0 Å². The summed E-state index contributed by atoms with van der Waals surface area (Å²) in [4.78, 5) is 5.37. The molecule has 268 valence electrons. The molecule has 3 aromatic heterocycles. The molecular weight excluding hydrogens is 721 g/mol. The third-order valence-corrected chi connectivity index (χ3v) is 13.5. The number of aromatic nitrogens is 2. The number of pyridine rings is 1. The highest BCUT2D eigenvalue weighted by molar-refractivity contribution is 7.26. The van der Waals surface area contributed by atoms with Crippen LogP contribution >= 0.6 is 11.3 Å². The van der Waals surface area contributed by atoms with Crippen molar-refractivity contribution in [2.24, 2.45) is 0 Å². The molecule has 58 heavy (non-hydrogen) atoms. The first kappa shape index (κ1) is 31.8. The van der Waals surface area contributed by atoms with Gasteiger partial charge in [-0.3, -0.25) is 4.40 Å². The van der Waals surface area contributed by atoms with Crippen molar-refractivity contribution in [2.75, 3.05) is 0 Å². The summed E-state index contributed by atoms with van der Waals surface area (Å²) >= 11 is 1.83. The zero-order valence-corrected chi connectivity index (χ0v) is 32.1. The van der Waals surface area contributed by atoms with Crippen molar-refractivity contribution in [3.05, 3.63) is 194 Å². The highest BCUT2D eigenvalue weighted by Crippen LogP contribution is 2.42. The minimum atomic E-state index is 1.01. The molecule has 13 aromatic rings. The molecule has 0 saturated carbocycles. The molecule has 0 N–H and O–H groups in total. The van der Waals surface area contributed by atoms with Gasteiger partial charge in [0.15, 0.2) is 5.65 Å². The van der Waals surface area contributed by atoms with Gasteiger partial charge in [-0.2, -0.15) is 0 Å². The minimum Gasteiger partial charge on any atom is -0.291 e. The summed E-state index contributed by atoms with van der Waals surface area (Å²) in [5.74, 6) is 0. The maximum atomic E-state index is 5.37. The van der Waals surface area contributed by atoms with Crippen LogP contribution in [0.2, 0.25) is 0 Å². The molecule has 3 heteroatoms. The molecule has 3 heterocycles. The fourth-order valence-electron chi connectivity index (χ4n) is 9.48. The van der Waals surface area contributed by atoms with Crippen molar-refractivity contribution < 1.29 is 0 Å². The molecule has 0 fully saturated rings. The Hall–Kier alpha value is -7.33. The van der Waals surface area contributed by atoms with Crippen LogP contribution in [0.15, 0.2) is 194 Å². The third-order valence-electron chi connectivity index (χ3n) is 12.3. The quantitative estimate of drug-likeness (QED) is 0.130. The number of hydrogen-bond donors (Lipinski definition) is 0. The normalized spacial score (nSPS) is 12.1. The van der Waals surface area contributed by atoms with E-state index in [1.165, 1.54) is 96.3 Å². The number of nitrogens with zero attached hydrogens (tertiary/aromatic N) is 2. The van der Waals surface area contributed by atoms with Gasteiger partial charge in [-0.15, -0.1) is 11.3 Å². The predicted octanol–water partition coefficient (Wildman–Crippen LogP) is 15.6. The minimum absolute atomic E-state index is 1.01. The summed E-state index contributed by atoms with van der Waals surface area (Å²) in [6.45, 7) is 0. The summed E-state index contributed by atoms with van der Waals surface area (Å²) in [5.41, 5.74) is 10.3. The van der Waals surface area contributed by atoms with Crippen LogP contribution in [0.25, 0.3) is 124 Å². The van der Waals surface area contributed by atoms with Crippen molar-refractivity contribution in [2.45, 2.75) is 0 Å². The smallest absolute Gasteiger partial charge is 0.156 e. The number of thiophene rings is 1. The van der Waals surface area contributed by atoms with Crippen LogP contribution in [-0.2, 0) is 0 Å². The lowest BCUT2D eigenvalue weighted by atomic mass is 9.92. The first-order valence-electron chi connectivity index (χ1n) is 19.9. The van der Waals surface area contributed by atoms with E-state index in [4.69, 9.17) is 4.98 Å². The maximum Gasteiger partial charge on any atom is 0.156 e. The number of fused-ring (bicyclic) bond motifs is 15. The van der Waals surface area contributed by atoms with E-state index in [2.05, 4.69) is 199 Å².